The summed E-state index contributed by atoms with van der Waals surface area (Å²) >= 11 is 7.50. The zero-order valence-corrected chi connectivity index (χ0v) is 18.0. The molecule has 0 saturated carbocycles. The first-order chi connectivity index (χ1) is 14.3. The molecule has 2 amide bonds. The summed E-state index contributed by atoms with van der Waals surface area (Å²) in [7, 11) is 0. The average molecular weight is 443 g/mol. The lowest BCUT2D eigenvalue weighted by Crippen LogP contribution is -2.22. The standard InChI is InChI=1S/C23H20ClFN2O2S/c1-14-3-8-19(13-21(14)24)27-22(28)15(2)30-20-11-9-18(10-12-20)26-23(29)16-4-6-17(25)7-5-16/h3-13,15H,1-2H3,(H,26,29)(H,27,28). The van der Waals surface area contributed by atoms with Gasteiger partial charge in [0.25, 0.3) is 5.91 Å². The van der Waals surface area contributed by atoms with Crippen molar-refractivity contribution in [3.63, 3.8) is 0 Å². The molecule has 7 heteroatoms. The molecule has 0 spiro atoms. The SMILES string of the molecule is Cc1ccc(NC(=O)C(C)Sc2ccc(NC(=O)c3ccc(F)cc3)cc2)cc1Cl. The summed E-state index contributed by atoms with van der Waals surface area (Å²) in [6, 6.07) is 17.9. The van der Waals surface area contributed by atoms with E-state index < -0.39 is 5.82 Å². The molecule has 3 rings (SSSR count). The molecule has 0 bridgehead atoms. The van der Waals surface area contributed by atoms with E-state index in [9.17, 15) is 14.0 Å². The first kappa shape index (κ1) is 21.9. The normalized spacial score (nSPS) is 11.6. The highest BCUT2D eigenvalue weighted by Crippen LogP contribution is 2.26. The van der Waals surface area contributed by atoms with Gasteiger partial charge in [-0.15, -0.1) is 11.8 Å². The number of thioether (sulfide) groups is 1. The van der Waals surface area contributed by atoms with Gasteiger partial charge in [-0.2, -0.15) is 0 Å². The lowest BCUT2D eigenvalue weighted by atomic mass is 10.2. The zero-order valence-electron chi connectivity index (χ0n) is 16.4. The fourth-order valence-corrected chi connectivity index (χ4v) is 3.64. The molecule has 154 valence electrons. The van der Waals surface area contributed by atoms with E-state index in [0.29, 0.717) is 22.0 Å². The van der Waals surface area contributed by atoms with Crippen molar-refractivity contribution < 1.29 is 14.0 Å². The lowest BCUT2D eigenvalue weighted by molar-refractivity contribution is -0.115. The topological polar surface area (TPSA) is 58.2 Å². The number of anilines is 2. The molecule has 0 aliphatic rings. The molecule has 30 heavy (non-hydrogen) atoms. The van der Waals surface area contributed by atoms with Crippen LogP contribution in [-0.4, -0.2) is 17.1 Å². The maximum Gasteiger partial charge on any atom is 0.255 e. The second kappa shape index (κ2) is 9.78. The van der Waals surface area contributed by atoms with Crippen LogP contribution in [0.3, 0.4) is 0 Å². The van der Waals surface area contributed by atoms with Crippen molar-refractivity contribution in [2.45, 2.75) is 24.0 Å². The molecule has 4 nitrogen and oxygen atoms in total. The van der Waals surface area contributed by atoms with E-state index in [-0.39, 0.29) is 17.1 Å². The lowest BCUT2D eigenvalue weighted by Gasteiger charge is -2.13. The monoisotopic (exact) mass is 442 g/mol. The van der Waals surface area contributed by atoms with Crippen LogP contribution in [0.2, 0.25) is 5.02 Å². The molecule has 0 radical (unpaired) electrons. The molecule has 2 N–H and O–H groups in total. The summed E-state index contributed by atoms with van der Waals surface area (Å²) in [5.74, 6) is -0.843. The van der Waals surface area contributed by atoms with Crippen molar-refractivity contribution in [3.8, 4) is 0 Å². The van der Waals surface area contributed by atoms with Gasteiger partial charge in [0.1, 0.15) is 5.82 Å². The number of halogens is 2. The predicted molar refractivity (Wildman–Crippen MR) is 121 cm³/mol. The third kappa shape index (κ3) is 5.84. The molecule has 0 fully saturated rings. The van der Waals surface area contributed by atoms with Crippen molar-refractivity contribution in [2.24, 2.45) is 0 Å². The number of rotatable bonds is 6. The Hall–Kier alpha value is -2.83. The second-order valence-electron chi connectivity index (χ2n) is 6.70. The summed E-state index contributed by atoms with van der Waals surface area (Å²) in [5, 5.41) is 5.90. The van der Waals surface area contributed by atoms with Crippen molar-refractivity contribution in [1.82, 2.24) is 0 Å². The van der Waals surface area contributed by atoms with Gasteiger partial charge in [-0.05, 0) is 80.1 Å². The number of carbonyl (C=O) groups is 2. The Balaban J connectivity index is 1.56. The summed E-state index contributed by atoms with van der Waals surface area (Å²) in [6.07, 6.45) is 0. The van der Waals surface area contributed by atoms with Gasteiger partial charge in [-0.3, -0.25) is 9.59 Å². The van der Waals surface area contributed by atoms with Crippen molar-refractivity contribution >= 4 is 46.6 Å². The third-order valence-corrected chi connectivity index (χ3v) is 5.86. The van der Waals surface area contributed by atoms with Crippen LogP contribution < -0.4 is 10.6 Å². The first-order valence-corrected chi connectivity index (χ1v) is 10.5. The van der Waals surface area contributed by atoms with Crippen molar-refractivity contribution in [2.75, 3.05) is 10.6 Å². The van der Waals surface area contributed by atoms with E-state index in [1.54, 1.807) is 18.2 Å². The number of amides is 2. The van der Waals surface area contributed by atoms with Crippen LogP contribution >= 0.6 is 23.4 Å². The molecular formula is C23H20ClFN2O2S. The van der Waals surface area contributed by atoms with E-state index in [1.165, 1.54) is 36.0 Å². The van der Waals surface area contributed by atoms with E-state index in [4.69, 9.17) is 11.6 Å². The Kier molecular flexibility index (Phi) is 7.13. The van der Waals surface area contributed by atoms with Crippen LogP contribution in [0.5, 0.6) is 0 Å². The van der Waals surface area contributed by atoms with E-state index in [1.807, 2.05) is 38.1 Å². The summed E-state index contributed by atoms with van der Waals surface area (Å²) in [5.41, 5.74) is 2.59. The Labute approximate surface area is 183 Å². The van der Waals surface area contributed by atoms with Crippen LogP contribution in [0.15, 0.2) is 71.6 Å². The van der Waals surface area contributed by atoms with Crippen LogP contribution in [0.25, 0.3) is 0 Å². The van der Waals surface area contributed by atoms with Gasteiger partial charge < -0.3 is 10.6 Å². The van der Waals surface area contributed by atoms with E-state index in [2.05, 4.69) is 10.6 Å². The second-order valence-corrected chi connectivity index (χ2v) is 8.52. The van der Waals surface area contributed by atoms with Gasteiger partial charge >= 0.3 is 0 Å². The Bertz CT molecular complexity index is 1060. The van der Waals surface area contributed by atoms with E-state index in [0.717, 1.165) is 10.5 Å². The zero-order chi connectivity index (χ0) is 21.7. The van der Waals surface area contributed by atoms with Gasteiger partial charge in [-0.25, -0.2) is 4.39 Å². The van der Waals surface area contributed by atoms with Gasteiger partial charge in [0.05, 0.1) is 5.25 Å². The highest BCUT2D eigenvalue weighted by Gasteiger charge is 2.15. The van der Waals surface area contributed by atoms with Crippen molar-refractivity contribution in [1.29, 1.82) is 0 Å². The highest BCUT2D eigenvalue weighted by molar-refractivity contribution is 8.00. The summed E-state index contributed by atoms with van der Waals surface area (Å²) in [6.45, 7) is 3.72. The molecule has 3 aromatic rings. The molecule has 1 atom stereocenters. The van der Waals surface area contributed by atoms with E-state index >= 15 is 0 Å². The van der Waals surface area contributed by atoms with Gasteiger partial charge in [0.2, 0.25) is 5.91 Å². The summed E-state index contributed by atoms with van der Waals surface area (Å²) < 4.78 is 13.0. The third-order valence-electron chi connectivity index (χ3n) is 4.34. The number of benzene rings is 3. The van der Waals surface area contributed by atoms with Crippen LogP contribution in [0.1, 0.15) is 22.8 Å². The average Bonchev–Trinajstić information content (AvgIpc) is 2.72. The molecule has 0 heterocycles. The molecule has 0 aliphatic heterocycles. The number of aryl methyl sites for hydroxylation is 1. The fourth-order valence-electron chi connectivity index (χ4n) is 2.59. The van der Waals surface area contributed by atoms with Gasteiger partial charge in [0, 0.05) is 26.9 Å². The molecule has 0 aliphatic carbocycles. The minimum Gasteiger partial charge on any atom is -0.325 e. The molecule has 1 unspecified atom stereocenters. The molecular weight excluding hydrogens is 423 g/mol. The predicted octanol–water partition coefficient (Wildman–Crippen LogP) is 6.16. The van der Waals surface area contributed by atoms with Crippen LogP contribution in [-0.2, 0) is 4.79 Å². The van der Waals surface area contributed by atoms with Crippen LogP contribution in [0.4, 0.5) is 15.8 Å². The number of hydrogen-bond donors (Lipinski definition) is 2. The highest BCUT2D eigenvalue weighted by atomic mass is 35.5. The van der Waals surface area contributed by atoms with Gasteiger partial charge in [0.15, 0.2) is 0 Å². The molecule has 0 aromatic heterocycles. The number of nitrogens with one attached hydrogen (secondary N) is 2. The largest absolute Gasteiger partial charge is 0.325 e. The Morgan fingerprint density at radius 1 is 0.933 bits per heavy atom. The molecule has 0 saturated heterocycles. The van der Waals surface area contributed by atoms with Crippen LogP contribution in [0, 0.1) is 12.7 Å². The maximum absolute atomic E-state index is 13.0. The fraction of sp³-hybridized carbons (Fsp3) is 0.130. The van der Waals surface area contributed by atoms with Gasteiger partial charge in [-0.1, -0.05) is 17.7 Å². The Morgan fingerprint density at radius 3 is 2.20 bits per heavy atom. The quantitative estimate of drug-likeness (QED) is 0.449. The first-order valence-electron chi connectivity index (χ1n) is 9.22. The number of carbonyl (C=O) groups excluding carboxylic acids is 2. The smallest absolute Gasteiger partial charge is 0.255 e. The number of hydrogen-bond acceptors (Lipinski definition) is 3. The van der Waals surface area contributed by atoms with Crippen molar-refractivity contribution in [3.05, 3.63) is 88.7 Å². The summed E-state index contributed by atoms with van der Waals surface area (Å²) in [4.78, 5) is 25.5. The minimum absolute atomic E-state index is 0.131. The molecule has 3 aromatic carbocycles. The Morgan fingerprint density at radius 2 is 1.57 bits per heavy atom. The maximum atomic E-state index is 13.0. The minimum atomic E-state index is -0.392.